The maximum atomic E-state index is 13.5. The van der Waals surface area contributed by atoms with Gasteiger partial charge in [-0.2, -0.15) is 0 Å². The van der Waals surface area contributed by atoms with Crippen LogP contribution in [-0.4, -0.2) is 47.1 Å². The van der Waals surface area contributed by atoms with Crippen molar-refractivity contribution in [2.45, 2.75) is 0 Å². The monoisotopic (exact) mass is 357 g/mol. The van der Waals surface area contributed by atoms with Crippen LogP contribution in [-0.2, 0) is 14.4 Å². The summed E-state index contributed by atoms with van der Waals surface area (Å²) in [6.07, 6.45) is 0. The van der Waals surface area contributed by atoms with E-state index < -0.39 is 36.1 Å². The molecule has 0 saturated carbocycles. The topological polar surface area (TPSA) is 86.8 Å². The van der Waals surface area contributed by atoms with Crippen molar-refractivity contribution in [3.05, 3.63) is 28.5 Å². The fourth-order valence-corrected chi connectivity index (χ4v) is 2.01. The highest BCUT2D eigenvalue weighted by Crippen LogP contribution is 2.19. The lowest BCUT2D eigenvalue weighted by Crippen LogP contribution is -2.38. The van der Waals surface area contributed by atoms with Gasteiger partial charge in [0.25, 0.3) is 0 Å². The van der Waals surface area contributed by atoms with Gasteiger partial charge in [0, 0.05) is 11.5 Å². The van der Waals surface area contributed by atoms with Crippen LogP contribution in [0.1, 0.15) is 0 Å². The minimum absolute atomic E-state index is 0.0954. The van der Waals surface area contributed by atoms with Gasteiger partial charge in [-0.15, -0.1) is 0 Å². The van der Waals surface area contributed by atoms with E-state index in [0.717, 1.165) is 13.1 Å². The van der Waals surface area contributed by atoms with Gasteiger partial charge in [-0.1, -0.05) is 15.9 Å². The summed E-state index contributed by atoms with van der Waals surface area (Å²) in [5, 5.41) is 2.22. The fraction of sp³-hybridized carbons (Fsp3) is 0.167. The molecule has 0 spiro atoms. The largest absolute Gasteiger partial charge is 0.334 e. The van der Waals surface area contributed by atoms with Crippen molar-refractivity contribution in [2.75, 3.05) is 18.9 Å². The van der Waals surface area contributed by atoms with Gasteiger partial charge in [0.05, 0.1) is 5.69 Å². The Balaban J connectivity index is 2.07. The van der Waals surface area contributed by atoms with Crippen molar-refractivity contribution >= 4 is 45.4 Å². The first kappa shape index (κ1) is 15.1. The molecule has 1 fully saturated rings. The molecule has 0 bridgehead atoms. The van der Waals surface area contributed by atoms with E-state index >= 15 is 0 Å². The van der Waals surface area contributed by atoms with E-state index in [0.29, 0.717) is 14.3 Å². The molecule has 0 aliphatic carbocycles. The highest BCUT2D eigenvalue weighted by atomic mass is 79.9. The molecule has 1 saturated heterocycles. The third kappa shape index (κ3) is 2.92. The van der Waals surface area contributed by atoms with Gasteiger partial charge in [-0.25, -0.2) is 14.1 Å². The zero-order valence-corrected chi connectivity index (χ0v) is 12.3. The Labute approximate surface area is 126 Å². The number of benzene rings is 1. The lowest BCUT2D eigenvalue weighted by molar-refractivity contribution is -0.143. The van der Waals surface area contributed by atoms with Crippen LogP contribution in [0.5, 0.6) is 0 Å². The van der Waals surface area contributed by atoms with Gasteiger partial charge in [0.1, 0.15) is 12.4 Å². The number of carbonyl (C=O) groups is 4. The van der Waals surface area contributed by atoms with Crippen molar-refractivity contribution in [1.29, 1.82) is 0 Å². The molecule has 1 heterocycles. The number of likely N-dealkylation sites (N-methyl/N-ethyl adjacent to an activating group) is 1. The Morgan fingerprint density at radius 3 is 2.48 bits per heavy atom. The van der Waals surface area contributed by atoms with Gasteiger partial charge in [0.2, 0.25) is 5.91 Å². The van der Waals surface area contributed by atoms with Gasteiger partial charge < -0.3 is 5.32 Å². The number of nitrogens with zero attached hydrogens (tertiary/aromatic N) is 2. The molecule has 1 N–H and O–H groups in total. The molecule has 0 unspecified atom stereocenters. The van der Waals surface area contributed by atoms with Crippen LogP contribution in [0.15, 0.2) is 22.7 Å². The quantitative estimate of drug-likeness (QED) is 0.644. The Morgan fingerprint density at radius 1 is 1.29 bits per heavy atom. The van der Waals surface area contributed by atoms with E-state index in [1.807, 2.05) is 0 Å². The minimum Gasteiger partial charge on any atom is -0.322 e. The van der Waals surface area contributed by atoms with Crippen LogP contribution in [0.4, 0.5) is 14.9 Å². The van der Waals surface area contributed by atoms with Crippen LogP contribution >= 0.6 is 15.9 Å². The third-order valence-electron chi connectivity index (χ3n) is 2.76. The lowest BCUT2D eigenvalue weighted by atomic mass is 10.3. The first-order chi connectivity index (χ1) is 9.81. The summed E-state index contributed by atoms with van der Waals surface area (Å²) in [6, 6.07) is 3.10. The number of amides is 5. The van der Waals surface area contributed by atoms with Gasteiger partial charge >= 0.3 is 17.8 Å². The molecule has 0 aromatic heterocycles. The van der Waals surface area contributed by atoms with E-state index in [4.69, 9.17) is 0 Å². The number of anilines is 1. The second kappa shape index (κ2) is 5.60. The number of hydrogen-bond donors (Lipinski definition) is 1. The molecule has 5 amide bonds. The molecule has 0 atom stereocenters. The van der Waals surface area contributed by atoms with Crippen LogP contribution < -0.4 is 5.32 Å². The SMILES string of the molecule is CN1C(=O)C(=O)N(CC(=O)Nc2ccc(Br)cc2F)C1=O. The number of hydrogen-bond acceptors (Lipinski definition) is 4. The summed E-state index contributed by atoms with van der Waals surface area (Å²) in [4.78, 5) is 47.2. The van der Waals surface area contributed by atoms with Crippen molar-refractivity contribution in [3.63, 3.8) is 0 Å². The summed E-state index contributed by atoms with van der Waals surface area (Å²) >= 11 is 3.07. The number of rotatable bonds is 3. The van der Waals surface area contributed by atoms with Crippen molar-refractivity contribution in [1.82, 2.24) is 9.80 Å². The molecule has 1 aromatic rings. The van der Waals surface area contributed by atoms with E-state index in [1.54, 1.807) is 0 Å². The first-order valence-electron chi connectivity index (χ1n) is 5.69. The van der Waals surface area contributed by atoms with E-state index in [9.17, 15) is 23.6 Å². The zero-order chi connectivity index (χ0) is 15.7. The molecule has 1 aliphatic heterocycles. The Bertz CT molecular complexity index is 664. The summed E-state index contributed by atoms with van der Waals surface area (Å²) < 4.78 is 14.0. The summed E-state index contributed by atoms with van der Waals surface area (Å²) in [5.74, 6) is -3.57. The van der Waals surface area contributed by atoms with Gasteiger partial charge in [0.15, 0.2) is 0 Å². The standard InChI is InChI=1S/C12H9BrFN3O4/c1-16-10(19)11(20)17(12(16)21)5-9(18)15-8-3-2-6(13)4-7(8)14/h2-4H,5H2,1H3,(H,15,18). The number of urea groups is 1. The highest BCUT2D eigenvalue weighted by Gasteiger charge is 2.42. The van der Waals surface area contributed by atoms with E-state index in [-0.39, 0.29) is 5.69 Å². The van der Waals surface area contributed by atoms with Crippen molar-refractivity contribution in [3.8, 4) is 0 Å². The average molecular weight is 358 g/mol. The maximum Gasteiger partial charge on any atom is 0.334 e. The average Bonchev–Trinajstić information content (AvgIpc) is 2.60. The third-order valence-corrected chi connectivity index (χ3v) is 3.25. The van der Waals surface area contributed by atoms with Crippen LogP contribution in [0.2, 0.25) is 0 Å². The van der Waals surface area contributed by atoms with Crippen LogP contribution in [0, 0.1) is 5.82 Å². The van der Waals surface area contributed by atoms with Crippen LogP contribution in [0.25, 0.3) is 0 Å². The van der Waals surface area contributed by atoms with Gasteiger partial charge in [-0.3, -0.25) is 19.3 Å². The minimum atomic E-state index is -1.09. The van der Waals surface area contributed by atoms with Gasteiger partial charge in [-0.05, 0) is 18.2 Å². The summed E-state index contributed by atoms with van der Waals surface area (Å²) in [5.41, 5.74) is -0.0954. The lowest BCUT2D eigenvalue weighted by Gasteiger charge is -2.13. The molecule has 2 rings (SSSR count). The molecule has 110 valence electrons. The van der Waals surface area contributed by atoms with Crippen LogP contribution in [0.3, 0.4) is 0 Å². The van der Waals surface area contributed by atoms with E-state index in [1.165, 1.54) is 12.1 Å². The molecule has 9 heteroatoms. The zero-order valence-electron chi connectivity index (χ0n) is 10.7. The Hall–Kier alpha value is -2.29. The molecular formula is C12H9BrFN3O4. The second-order valence-electron chi connectivity index (χ2n) is 4.21. The molecule has 21 heavy (non-hydrogen) atoms. The fourth-order valence-electron chi connectivity index (χ4n) is 1.68. The Kier molecular flexibility index (Phi) is 4.03. The number of halogens is 2. The molecular weight excluding hydrogens is 349 g/mol. The number of carbonyl (C=O) groups excluding carboxylic acids is 4. The molecule has 0 radical (unpaired) electrons. The highest BCUT2D eigenvalue weighted by molar-refractivity contribution is 9.10. The van der Waals surface area contributed by atoms with E-state index in [2.05, 4.69) is 21.2 Å². The number of nitrogens with one attached hydrogen (secondary N) is 1. The summed E-state index contributed by atoms with van der Waals surface area (Å²) in [6.45, 7) is -0.663. The van der Waals surface area contributed by atoms with Crippen molar-refractivity contribution in [2.24, 2.45) is 0 Å². The maximum absolute atomic E-state index is 13.5. The Morgan fingerprint density at radius 2 is 1.95 bits per heavy atom. The van der Waals surface area contributed by atoms with Crippen molar-refractivity contribution < 1.29 is 23.6 Å². The first-order valence-corrected chi connectivity index (χ1v) is 6.49. The summed E-state index contributed by atoms with van der Waals surface area (Å²) in [7, 11) is 1.13. The molecule has 1 aliphatic rings. The predicted molar refractivity (Wildman–Crippen MR) is 72.6 cm³/mol. The number of imide groups is 2. The smallest absolute Gasteiger partial charge is 0.322 e. The molecule has 1 aromatic carbocycles. The normalized spacial score (nSPS) is 14.9. The second-order valence-corrected chi connectivity index (χ2v) is 5.13. The predicted octanol–water partition coefficient (Wildman–Crippen LogP) is 0.947. The molecule has 7 nitrogen and oxygen atoms in total.